The van der Waals surface area contributed by atoms with Gasteiger partial charge in [0.2, 0.25) is 0 Å². The summed E-state index contributed by atoms with van der Waals surface area (Å²) in [4.78, 5) is 14.3. The predicted molar refractivity (Wildman–Crippen MR) is 103 cm³/mol. The van der Waals surface area contributed by atoms with Crippen LogP contribution in [-0.2, 0) is 11.2 Å². The molecule has 6 nitrogen and oxygen atoms in total. The van der Waals surface area contributed by atoms with Gasteiger partial charge in [-0.15, -0.1) is 0 Å². The molecule has 2 saturated heterocycles. The molecule has 1 unspecified atom stereocenters. The molecule has 4 rings (SSSR count). The molecule has 0 radical (unpaired) electrons. The zero-order chi connectivity index (χ0) is 17.8. The molecule has 0 saturated carbocycles. The summed E-state index contributed by atoms with van der Waals surface area (Å²) < 4.78 is 0. The van der Waals surface area contributed by atoms with Crippen LogP contribution in [0.15, 0.2) is 24.4 Å². The SMILES string of the molecule is O=CC(Cc1ccc2[nH]ncc2c1)NN1CCC(N2CCCCC2)CC1. The Labute approximate surface area is 154 Å². The molecule has 2 aliphatic rings. The van der Waals surface area contributed by atoms with E-state index < -0.39 is 0 Å². The van der Waals surface area contributed by atoms with E-state index in [4.69, 9.17) is 0 Å². The number of hydrogen-bond donors (Lipinski definition) is 2. The molecule has 1 atom stereocenters. The summed E-state index contributed by atoms with van der Waals surface area (Å²) in [6, 6.07) is 6.77. The monoisotopic (exact) mass is 355 g/mol. The fourth-order valence-electron chi connectivity index (χ4n) is 4.38. The standard InChI is InChI=1S/C20H29N5O/c26-15-18(13-16-4-5-20-17(12-16)14-21-22-20)23-25-10-6-19(7-11-25)24-8-2-1-3-9-24/h4-5,12,14-15,18-19,23H,1-3,6-11,13H2,(H,21,22). The van der Waals surface area contributed by atoms with Crippen molar-refractivity contribution in [1.29, 1.82) is 0 Å². The van der Waals surface area contributed by atoms with E-state index in [0.29, 0.717) is 6.42 Å². The van der Waals surface area contributed by atoms with Crippen LogP contribution in [0.4, 0.5) is 0 Å². The number of nitrogens with zero attached hydrogens (tertiary/aromatic N) is 3. The Balaban J connectivity index is 1.29. The summed E-state index contributed by atoms with van der Waals surface area (Å²) in [5, 5.41) is 10.4. The molecule has 2 N–H and O–H groups in total. The Morgan fingerprint density at radius 3 is 2.77 bits per heavy atom. The highest BCUT2D eigenvalue weighted by atomic mass is 16.1. The number of aldehydes is 1. The molecule has 140 valence electrons. The number of H-pyrrole nitrogens is 1. The molecule has 3 heterocycles. The van der Waals surface area contributed by atoms with Crippen molar-refractivity contribution in [1.82, 2.24) is 25.5 Å². The van der Waals surface area contributed by atoms with Crippen molar-refractivity contribution in [3.8, 4) is 0 Å². The number of carbonyl (C=O) groups is 1. The molecular weight excluding hydrogens is 326 g/mol. The minimum Gasteiger partial charge on any atom is -0.302 e. The van der Waals surface area contributed by atoms with E-state index in [1.54, 1.807) is 0 Å². The number of benzene rings is 1. The number of carbonyl (C=O) groups excluding carboxylic acids is 1. The van der Waals surface area contributed by atoms with Crippen LogP contribution in [0.3, 0.4) is 0 Å². The topological polar surface area (TPSA) is 64.3 Å². The zero-order valence-corrected chi connectivity index (χ0v) is 15.4. The van der Waals surface area contributed by atoms with Crippen molar-refractivity contribution < 1.29 is 4.79 Å². The fraction of sp³-hybridized carbons (Fsp3) is 0.600. The summed E-state index contributed by atoms with van der Waals surface area (Å²) in [6.07, 6.45) is 10.1. The molecule has 0 amide bonds. The minimum atomic E-state index is -0.175. The second-order valence-electron chi connectivity index (χ2n) is 7.68. The van der Waals surface area contributed by atoms with E-state index in [-0.39, 0.29) is 6.04 Å². The highest BCUT2D eigenvalue weighted by Gasteiger charge is 2.26. The van der Waals surface area contributed by atoms with Crippen LogP contribution in [-0.4, -0.2) is 64.7 Å². The molecule has 2 fully saturated rings. The van der Waals surface area contributed by atoms with E-state index in [9.17, 15) is 4.79 Å². The maximum atomic E-state index is 11.6. The fourth-order valence-corrected chi connectivity index (χ4v) is 4.38. The first-order chi connectivity index (χ1) is 12.8. The van der Waals surface area contributed by atoms with E-state index in [2.05, 4.69) is 37.7 Å². The van der Waals surface area contributed by atoms with Crippen molar-refractivity contribution in [2.24, 2.45) is 0 Å². The molecule has 6 heteroatoms. The Morgan fingerprint density at radius 2 is 2.00 bits per heavy atom. The van der Waals surface area contributed by atoms with Gasteiger partial charge in [0.1, 0.15) is 6.29 Å². The second-order valence-corrected chi connectivity index (χ2v) is 7.68. The van der Waals surface area contributed by atoms with Crippen LogP contribution < -0.4 is 5.43 Å². The van der Waals surface area contributed by atoms with Crippen molar-refractivity contribution in [3.63, 3.8) is 0 Å². The highest BCUT2D eigenvalue weighted by molar-refractivity contribution is 5.78. The van der Waals surface area contributed by atoms with Gasteiger partial charge in [0.15, 0.2) is 0 Å². The van der Waals surface area contributed by atoms with Crippen molar-refractivity contribution in [2.45, 2.75) is 50.6 Å². The quantitative estimate of drug-likeness (QED) is 0.777. The first-order valence-corrected chi connectivity index (χ1v) is 9.94. The number of likely N-dealkylation sites (tertiary alicyclic amines) is 1. The van der Waals surface area contributed by atoms with Gasteiger partial charge in [-0.05, 0) is 62.9 Å². The lowest BCUT2D eigenvalue weighted by Gasteiger charge is -2.40. The first-order valence-electron chi connectivity index (χ1n) is 9.94. The summed E-state index contributed by atoms with van der Waals surface area (Å²) >= 11 is 0. The Kier molecular flexibility index (Phi) is 5.62. The number of aromatic amines is 1. The molecule has 26 heavy (non-hydrogen) atoms. The first kappa shape index (κ1) is 17.6. The van der Waals surface area contributed by atoms with Gasteiger partial charge in [-0.2, -0.15) is 5.10 Å². The number of nitrogens with one attached hydrogen (secondary N) is 2. The number of hydrogen-bond acceptors (Lipinski definition) is 5. The van der Waals surface area contributed by atoms with Crippen molar-refractivity contribution in [2.75, 3.05) is 26.2 Å². The Morgan fingerprint density at radius 1 is 1.19 bits per heavy atom. The lowest BCUT2D eigenvalue weighted by atomic mass is 10.0. The number of aromatic nitrogens is 2. The molecular formula is C20H29N5O. The number of piperidine rings is 2. The third kappa shape index (κ3) is 4.14. The highest BCUT2D eigenvalue weighted by Crippen LogP contribution is 2.20. The van der Waals surface area contributed by atoms with E-state index >= 15 is 0 Å². The molecule has 2 aliphatic heterocycles. The van der Waals surface area contributed by atoms with Gasteiger partial charge in [-0.3, -0.25) is 5.10 Å². The second kappa shape index (κ2) is 8.29. The summed E-state index contributed by atoms with van der Waals surface area (Å²) in [6.45, 7) is 4.58. The van der Waals surface area contributed by atoms with Crippen LogP contribution in [0.1, 0.15) is 37.7 Å². The van der Waals surface area contributed by atoms with Gasteiger partial charge in [-0.1, -0.05) is 12.5 Å². The van der Waals surface area contributed by atoms with Crippen LogP contribution in [0, 0.1) is 0 Å². The Hall–Kier alpha value is -1.76. The number of rotatable bonds is 6. The Bertz CT molecular complexity index is 716. The molecule has 0 bridgehead atoms. The summed E-state index contributed by atoms with van der Waals surface area (Å²) in [7, 11) is 0. The molecule has 1 aromatic heterocycles. The summed E-state index contributed by atoms with van der Waals surface area (Å²) in [5.74, 6) is 0. The van der Waals surface area contributed by atoms with Crippen LogP contribution >= 0.6 is 0 Å². The third-order valence-electron chi connectivity index (χ3n) is 5.84. The van der Waals surface area contributed by atoms with Crippen molar-refractivity contribution >= 4 is 17.2 Å². The van der Waals surface area contributed by atoms with E-state index in [1.165, 1.54) is 45.2 Å². The maximum Gasteiger partial charge on any atom is 0.138 e. The smallest absolute Gasteiger partial charge is 0.138 e. The molecule has 0 spiro atoms. The van der Waals surface area contributed by atoms with Gasteiger partial charge in [0.25, 0.3) is 0 Å². The van der Waals surface area contributed by atoms with E-state index in [0.717, 1.165) is 41.9 Å². The van der Waals surface area contributed by atoms with Gasteiger partial charge in [0.05, 0.1) is 17.8 Å². The number of hydrazine groups is 1. The maximum absolute atomic E-state index is 11.6. The van der Waals surface area contributed by atoms with Gasteiger partial charge in [-0.25, -0.2) is 10.4 Å². The molecule has 0 aliphatic carbocycles. The summed E-state index contributed by atoms with van der Waals surface area (Å²) in [5.41, 5.74) is 5.63. The van der Waals surface area contributed by atoms with Crippen LogP contribution in [0.5, 0.6) is 0 Å². The van der Waals surface area contributed by atoms with Gasteiger partial charge in [0, 0.05) is 24.5 Å². The normalized spacial score (nSPS) is 21.8. The van der Waals surface area contributed by atoms with Gasteiger partial charge < -0.3 is 9.69 Å². The third-order valence-corrected chi connectivity index (χ3v) is 5.84. The lowest BCUT2D eigenvalue weighted by molar-refractivity contribution is -0.111. The zero-order valence-electron chi connectivity index (χ0n) is 15.4. The molecule has 2 aromatic rings. The van der Waals surface area contributed by atoms with Gasteiger partial charge >= 0.3 is 0 Å². The average molecular weight is 355 g/mol. The largest absolute Gasteiger partial charge is 0.302 e. The van der Waals surface area contributed by atoms with Crippen molar-refractivity contribution in [3.05, 3.63) is 30.0 Å². The minimum absolute atomic E-state index is 0.175. The number of fused-ring (bicyclic) bond motifs is 1. The van der Waals surface area contributed by atoms with E-state index in [1.807, 2.05) is 12.3 Å². The van der Waals surface area contributed by atoms with Crippen LogP contribution in [0.25, 0.3) is 10.9 Å². The molecule has 1 aromatic carbocycles. The van der Waals surface area contributed by atoms with Crippen LogP contribution in [0.2, 0.25) is 0 Å². The lowest BCUT2D eigenvalue weighted by Crippen LogP contribution is -2.53. The predicted octanol–water partition coefficient (Wildman–Crippen LogP) is 2.13. The average Bonchev–Trinajstić information content (AvgIpc) is 3.16.